The zero-order valence-electron chi connectivity index (χ0n) is 12.6. The van der Waals surface area contributed by atoms with Gasteiger partial charge in [0, 0.05) is 26.2 Å². The van der Waals surface area contributed by atoms with Crippen molar-refractivity contribution in [3.8, 4) is 0 Å². The van der Waals surface area contributed by atoms with Crippen molar-refractivity contribution < 1.29 is 0 Å². The number of hydrogen-bond donors (Lipinski definition) is 0. The van der Waals surface area contributed by atoms with Crippen LogP contribution in [-0.2, 0) is 0 Å². The molecule has 1 fully saturated rings. The van der Waals surface area contributed by atoms with Crippen LogP contribution in [0, 0.1) is 0 Å². The summed E-state index contributed by atoms with van der Waals surface area (Å²) in [4.78, 5) is 4.86. The van der Waals surface area contributed by atoms with Gasteiger partial charge in [-0.15, -0.1) is 24.0 Å². The molecule has 2 aromatic carbocycles. The van der Waals surface area contributed by atoms with Gasteiger partial charge in [-0.2, -0.15) is 0 Å². The van der Waals surface area contributed by atoms with Gasteiger partial charge in [0.15, 0.2) is 0 Å². The molecule has 0 amide bonds. The zero-order chi connectivity index (χ0) is 14.5. The van der Waals surface area contributed by atoms with Crippen molar-refractivity contribution in [1.29, 1.82) is 0 Å². The van der Waals surface area contributed by atoms with Crippen molar-refractivity contribution in [2.75, 3.05) is 32.2 Å². The van der Waals surface area contributed by atoms with Crippen LogP contribution in [0.5, 0.6) is 0 Å². The molecule has 0 saturated carbocycles. The maximum Gasteiger partial charge on any atom is 0.0739 e. The Balaban J connectivity index is 0.00000176. The quantitative estimate of drug-likeness (QED) is 0.614. The molecule has 0 aliphatic carbocycles. The fourth-order valence-electron chi connectivity index (χ4n) is 3.03. The topological polar surface area (TPSA) is 6.48 Å². The first-order chi connectivity index (χ1) is 10.4. The van der Waals surface area contributed by atoms with Gasteiger partial charge in [-0.05, 0) is 11.1 Å². The molecule has 1 heterocycles. The second-order valence-electron chi connectivity index (χ2n) is 5.50. The molecule has 0 bridgehead atoms. The molecule has 2 aromatic rings. The van der Waals surface area contributed by atoms with Crippen molar-refractivity contribution in [2.24, 2.45) is 0 Å². The summed E-state index contributed by atoms with van der Waals surface area (Å²) in [6.45, 7) is 4.20. The van der Waals surface area contributed by atoms with E-state index in [0.29, 0.717) is 12.0 Å². The maximum atomic E-state index is 5.95. The highest BCUT2D eigenvalue weighted by molar-refractivity contribution is 6.17. The second-order valence-corrected chi connectivity index (χ2v) is 5.74. The lowest BCUT2D eigenvalue weighted by Gasteiger charge is -2.39. The van der Waals surface area contributed by atoms with Gasteiger partial charge in [-0.25, -0.2) is 0 Å². The lowest BCUT2D eigenvalue weighted by molar-refractivity contribution is 0.122. The van der Waals surface area contributed by atoms with Crippen molar-refractivity contribution in [3.63, 3.8) is 0 Å². The number of alkyl halides is 1. The monoisotopic (exact) mass is 336 g/mol. The molecule has 1 aliphatic heterocycles. The van der Waals surface area contributed by atoms with E-state index in [2.05, 4.69) is 70.5 Å². The van der Waals surface area contributed by atoms with E-state index in [4.69, 9.17) is 11.6 Å². The number of benzene rings is 2. The highest BCUT2D eigenvalue weighted by Gasteiger charge is 2.25. The van der Waals surface area contributed by atoms with E-state index in [9.17, 15) is 0 Å². The molecule has 0 aromatic heterocycles. The Morgan fingerprint density at radius 1 is 0.773 bits per heavy atom. The third-order valence-electron chi connectivity index (χ3n) is 4.17. The Morgan fingerprint density at radius 3 is 1.64 bits per heavy atom. The van der Waals surface area contributed by atoms with E-state index in [1.165, 1.54) is 11.1 Å². The summed E-state index contributed by atoms with van der Waals surface area (Å²) < 4.78 is 0. The van der Waals surface area contributed by atoms with Crippen molar-refractivity contribution in [1.82, 2.24) is 9.80 Å². The Morgan fingerprint density at radius 2 is 1.23 bits per heavy atom. The smallest absolute Gasteiger partial charge is 0.0739 e. The van der Waals surface area contributed by atoms with Crippen LogP contribution in [0.4, 0.5) is 0 Å². The lowest BCUT2D eigenvalue weighted by atomic mass is 9.96. The highest BCUT2D eigenvalue weighted by atomic mass is 35.5. The van der Waals surface area contributed by atoms with Crippen LogP contribution >= 0.6 is 24.0 Å². The van der Waals surface area contributed by atoms with Crippen molar-refractivity contribution >= 4 is 24.0 Å². The summed E-state index contributed by atoms with van der Waals surface area (Å²) in [5, 5.41) is 0. The normalized spacial score (nSPS) is 16.5. The Bertz CT molecular complexity index is 500. The van der Waals surface area contributed by atoms with Crippen LogP contribution in [0.25, 0.3) is 0 Å². The first-order valence-electron chi connectivity index (χ1n) is 7.51. The number of rotatable bonds is 4. The summed E-state index contributed by atoms with van der Waals surface area (Å²) >= 11 is 5.95. The highest BCUT2D eigenvalue weighted by Crippen LogP contribution is 2.29. The molecule has 1 saturated heterocycles. The standard InChI is InChI=1S/C18H21ClN2.ClH/c19-15-20-11-13-21(14-12-20)18(16-7-3-1-4-8-16)17-9-5-2-6-10-17;/h1-10,18H,11-15H2;1H. The molecule has 3 rings (SSSR count). The molecule has 0 atom stereocenters. The van der Waals surface area contributed by atoms with Crippen LogP contribution in [-0.4, -0.2) is 42.0 Å². The number of piperazine rings is 1. The average Bonchev–Trinajstić information content (AvgIpc) is 2.58. The van der Waals surface area contributed by atoms with Gasteiger partial charge in [-0.1, -0.05) is 60.7 Å². The van der Waals surface area contributed by atoms with Gasteiger partial charge in [0.2, 0.25) is 0 Å². The van der Waals surface area contributed by atoms with E-state index >= 15 is 0 Å². The molecular weight excluding hydrogens is 315 g/mol. The van der Waals surface area contributed by atoms with E-state index in [1.54, 1.807) is 0 Å². The van der Waals surface area contributed by atoms with Gasteiger partial charge in [0.05, 0.1) is 12.0 Å². The second kappa shape index (κ2) is 8.54. The molecule has 2 nitrogen and oxygen atoms in total. The molecule has 0 N–H and O–H groups in total. The minimum Gasteiger partial charge on any atom is -0.290 e. The van der Waals surface area contributed by atoms with Crippen LogP contribution in [0.15, 0.2) is 60.7 Å². The Hall–Kier alpha value is -1.06. The van der Waals surface area contributed by atoms with E-state index in [1.807, 2.05) is 0 Å². The van der Waals surface area contributed by atoms with Gasteiger partial charge in [-0.3, -0.25) is 9.80 Å². The number of halogens is 2. The number of nitrogens with zero attached hydrogens (tertiary/aromatic N) is 2. The third kappa shape index (κ3) is 4.02. The van der Waals surface area contributed by atoms with Crippen molar-refractivity contribution in [2.45, 2.75) is 6.04 Å². The molecule has 1 aliphatic rings. The van der Waals surface area contributed by atoms with E-state index in [-0.39, 0.29) is 12.4 Å². The molecule has 0 radical (unpaired) electrons. The van der Waals surface area contributed by atoms with Crippen LogP contribution < -0.4 is 0 Å². The van der Waals surface area contributed by atoms with Crippen LogP contribution in [0.3, 0.4) is 0 Å². The van der Waals surface area contributed by atoms with E-state index in [0.717, 1.165) is 26.2 Å². The summed E-state index contributed by atoms with van der Waals surface area (Å²) in [6, 6.07) is 22.5. The predicted molar refractivity (Wildman–Crippen MR) is 95.8 cm³/mol. The number of hydrogen-bond acceptors (Lipinski definition) is 2. The van der Waals surface area contributed by atoms with E-state index < -0.39 is 0 Å². The van der Waals surface area contributed by atoms with Crippen LogP contribution in [0.2, 0.25) is 0 Å². The van der Waals surface area contributed by atoms with Gasteiger partial charge >= 0.3 is 0 Å². The minimum atomic E-state index is 0. The fraction of sp³-hybridized carbons (Fsp3) is 0.333. The summed E-state index contributed by atoms with van der Waals surface area (Å²) in [7, 11) is 0. The molecular formula is C18H22Cl2N2. The molecule has 0 unspecified atom stereocenters. The first-order valence-corrected chi connectivity index (χ1v) is 8.04. The minimum absolute atomic E-state index is 0. The van der Waals surface area contributed by atoms with Crippen molar-refractivity contribution in [3.05, 3.63) is 71.8 Å². The fourth-order valence-corrected chi connectivity index (χ4v) is 3.26. The molecule has 118 valence electrons. The van der Waals surface area contributed by atoms with Gasteiger partial charge in [0.1, 0.15) is 0 Å². The maximum absolute atomic E-state index is 5.95. The lowest BCUT2D eigenvalue weighted by Crippen LogP contribution is -2.47. The Kier molecular flexibility index (Phi) is 6.71. The molecule has 22 heavy (non-hydrogen) atoms. The van der Waals surface area contributed by atoms with Gasteiger partial charge < -0.3 is 0 Å². The molecule has 0 spiro atoms. The predicted octanol–water partition coefficient (Wildman–Crippen LogP) is 4.01. The average molecular weight is 337 g/mol. The van der Waals surface area contributed by atoms with Crippen LogP contribution in [0.1, 0.15) is 17.2 Å². The largest absolute Gasteiger partial charge is 0.290 e. The SMILES string of the molecule is Cl.ClCN1CCN(C(c2ccccc2)c2ccccc2)CC1. The summed E-state index contributed by atoms with van der Waals surface area (Å²) in [5.74, 6) is 0. The summed E-state index contributed by atoms with van der Waals surface area (Å²) in [5.41, 5.74) is 2.73. The third-order valence-corrected chi connectivity index (χ3v) is 4.51. The first kappa shape index (κ1) is 17.3. The summed E-state index contributed by atoms with van der Waals surface area (Å²) in [6.07, 6.45) is 0. The zero-order valence-corrected chi connectivity index (χ0v) is 14.1. The Labute approximate surface area is 144 Å². The van der Waals surface area contributed by atoms with Gasteiger partial charge in [0.25, 0.3) is 0 Å². The molecule has 4 heteroatoms.